The van der Waals surface area contributed by atoms with E-state index >= 15 is 0 Å². The standard InChI is InChI=1S/C21H33ClO2/c1-13(23)21-10-8-18-17(19(21)6-4-15(21)12-22)5-3-14-11-16(24)7-9-20(14,18)2/h14-19,24H,3-12H2,1-2H3/t14-,15?,16+,17?,18-,19-,20?,21?/m0/s1. The first kappa shape index (κ1) is 17.3. The molecule has 1 N–H and O–H groups in total. The van der Waals surface area contributed by atoms with Crippen molar-refractivity contribution in [2.75, 3.05) is 5.88 Å². The fourth-order valence-electron chi connectivity index (χ4n) is 7.96. The highest BCUT2D eigenvalue weighted by atomic mass is 35.5. The van der Waals surface area contributed by atoms with Crippen LogP contribution in [0.1, 0.15) is 71.6 Å². The summed E-state index contributed by atoms with van der Waals surface area (Å²) >= 11 is 6.31. The van der Waals surface area contributed by atoms with Crippen LogP contribution in [0.5, 0.6) is 0 Å². The SMILES string of the molecule is CC(=O)C12CC[C@H]3C(CC[C@H]4C[C@H](O)CCC43C)[C@@H]1CCC2CCl. The van der Waals surface area contributed by atoms with Gasteiger partial charge in [0, 0.05) is 11.3 Å². The van der Waals surface area contributed by atoms with Crippen LogP contribution in [-0.2, 0) is 4.79 Å². The summed E-state index contributed by atoms with van der Waals surface area (Å²) < 4.78 is 0. The Hall–Kier alpha value is -0.0800. The summed E-state index contributed by atoms with van der Waals surface area (Å²) in [5, 5.41) is 10.1. The van der Waals surface area contributed by atoms with Gasteiger partial charge in [-0.2, -0.15) is 0 Å². The van der Waals surface area contributed by atoms with Gasteiger partial charge in [0.25, 0.3) is 0 Å². The van der Waals surface area contributed by atoms with Crippen LogP contribution in [0, 0.1) is 40.4 Å². The van der Waals surface area contributed by atoms with Gasteiger partial charge in [0.15, 0.2) is 0 Å². The van der Waals surface area contributed by atoms with Crippen molar-refractivity contribution < 1.29 is 9.90 Å². The highest BCUT2D eigenvalue weighted by molar-refractivity contribution is 6.18. The van der Waals surface area contributed by atoms with Crippen molar-refractivity contribution in [2.24, 2.45) is 40.4 Å². The lowest BCUT2D eigenvalue weighted by Gasteiger charge is -2.61. The van der Waals surface area contributed by atoms with E-state index in [1.807, 2.05) is 6.92 Å². The number of Topliss-reactive ketones (excluding diaryl/α,β-unsaturated/α-hetero) is 1. The van der Waals surface area contributed by atoms with Gasteiger partial charge in [-0.15, -0.1) is 11.6 Å². The number of carbonyl (C=O) groups is 1. The second-order valence-electron chi connectivity index (χ2n) is 9.65. The number of aliphatic hydroxyl groups excluding tert-OH is 1. The summed E-state index contributed by atoms with van der Waals surface area (Å²) in [6.45, 7) is 4.34. The first-order valence-electron chi connectivity index (χ1n) is 10.2. The molecule has 0 bridgehead atoms. The van der Waals surface area contributed by atoms with Crippen molar-refractivity contribution in [3.63, 3.8) is 0 Å². The number of ketones is 1. The molecule has 0 heterocycles. The zero-order chi connectivity index (χ0) is 17.1. The quantitative estimate of drug-likeness (QED) is 0.724. The predicted molar refractivity (Wildman–Crippen MR) is 97.0 cm³/mol. The maximum Gasteiger partial charge on any atom is 0.136 e. The molecule has 0 saturated heterocycles. The van der Waals surface area contributed by atoms with Gasteiger partial charge >= 0.3 is 0 Å². The minimum atomic E-state index is -0.111. The fourth-order valence-corrected chi connectivity index (χ4v) is 8.39. The molecule has 0 spiro atoms. The van der Waals surface area contributed by atoms with Gasteiger partial charge < -0.3 is 5.11 Å². The van der Waals surface area contributed by atoms with E-state index in [0.717, 1.165) is 31.6 Å². The van der Waals surface area contributed by atoms with Gasteiger partial charge in [0.05, 0.1) is 6.10 Å². The molecule has 4 unspecified atom stereocenters. The highest BCUT2D eigenvalue weighted by Crippen LogP contribution is 2.67. The molecule has 0 aliphatic heterocycles. The average molecular weight is 353 g/mol. The molecular formula is C21H33ClO2. The van der Waals surface area contributed by atoms with Crippen molar-refractivity contribution in [3.8, 4) is 0 Å². The minimum absolute atomic E-state index is 0.0772. The Morgan fingerprint density at radius 1 is 1.08 bits per heavy atom. The summed E-state index contributed by atoms with van der Waals surface area (Å²) in [6.07, 6.45) is 10.2. The van der Waals surface area contributed by atoms with E-state index in [-0.39, 0.29) is 11.5 Å². The van der Waals surface area contributed by atoms with Crippen molar-refractivity contribution in [3.05, 3.63) is 0 Å². The van der Waals surface area contributed by atoms with Gasteiger partial charge in [-0.3, -0.25) is 4.79 Å². The van der Waals surface area contributed by atoms with Crippen molar-refractivity contribution in [1.82, 2.24) is 0 Å². The number of aliphatic hydroxyl groups is 1. The number of hydrogen-bond donors (Lipinski definition) is 1. The number of fused-ring (bicyclic) bond motifs is 5. The van der Waals surface area contributed by atoms with Crippen molar-refractivity contribution >= 4 is 17.4 Å². The molecule has 4 saturated carbocycles. The number of hydrogen-bond acceptors (Lipinski definition) is 2. The molecule has 4 rings (SSSR count). The Labute approximate surface area is 151 Å². The van der Waals surface area contributed by atoms with E-state index < -0.39 is 0 Å². The Bertz CT molecular complexity index is 520. The lowest BCUT2D eigenvalue weighted by Crippen LogP contribution is -2.56. The fraction of sp³-hybridized carbons (Fsp3) is 0.952. The largest absolute Gasteiger partial charge is 0.393 e. The van der Waals surface area contributed by atoms with Gasteiger partial charge in [0.2, 0.25) is 0 Å². The number of alkyl halides is 1. The third kappa shape index (κ3) is 2.21. The number of rotatable bonds is 2. The maximum atomic E-state index is 12.8. The Morgan fingerprint density at radius 2 is 1.88 bits per heavy atom. The molecule has 24 heavy (non-hydrogen) atoms. The summed E-state index contributed by atoms with van der Waals surface area (Å²) in [5.74, 6) is 4.21. The lowest BCUT2D eigenvalue weighted by molar-refractivity contribution is -0.152. The van der Waals surface area contributed by atoms with E-state index in [0.29, 0.717) is 40.7 Å². The van der Waals surface area contributed by atoms with Crippen LogP contribution in [0.25, 0.3) is 0 Å². The highest BCUT2D eigenvalue weighted by Gasteiger charge is 2.63. The summed E-state index contributed by atoms with van der Waals surface area (Å²) in [5.41, 5.74) is 0.282. The molecule has 3 heteroatoms. The Kier molecular flexibility index (Phi) is 4.32. The van der Waals surface area contributed by atoms with Crippen LogP contribution in [-0.4, -0.2) is 22.9 Å². The monoisotopic (exact) mass is 352 g/mol. The molecule has 136 valence electrons. The van der Waals surface area contributed by atoms with E-state index in [2.05, 4.69) is 6.92 Å². The number of halogens is 1. The second kappa shape index (κ2) is 5.98. The molecule has 0 amide bonds. The van der Waals surface area contributed by atoms with Gasteiger partial charge in [-0.05, 0) is 99.7 Å². The lowest BCUT2D eigenvalue weighted by atomic mass is 9.44. The van der Waals surface area contributed by atoms with Crippen LogP contribution in [0.2, 0.25) is 0 Å². The summed E-state index contributed by atoms with van der Waals surface area (Å²) in [4.78, 5) is 12.8. The molecule has 2 nitrogen and oxygen atoms in total. The zero-order valence-electron chi connectivity index (χ0n) is 15.3. The predicted octanol–water partition coefficient (Wildman–Crippen LogP) is 4.81. The van der Waals surface area contributed by atoms with Crippen LogP contribution in [0.3, 0.4) is 0 Å². The van der Waals surface area contributed by atoms with Gasteiger partial charge in [-0.25, -0.2) is 0 Å². The van der Waals surface area contributed by atoms with Crippen LogP contribution in [0.15, 0.2) is 0 Å². The maximum absolute atomic E-state index is 12.8. The third-order valence-corrected chi connectivity index (χ3v) is 9.53. The molecule has 4 aliphatic carbocycles. The van der Waals surface area contributed by atoms with Crippen LogP contribution in [0.4, 0.5) is 0 Å². The van der Waals surface area contributed by atoms with E-state index in [4.69, 9.17) is 11.6 Å². The summed E-state index contributed by atoms with van der Waals surface area (Å²) in [7, 11) is 0. The van der Waals surface area contributed by atoms with E-state index in [9.17, 15) is 9.90 Å². The molecule has 4 aliphatic rings. The molecule has 0 aromatic heterocycles. The van der Waals surface area contributed by atoms with Crippen LogP contribution < -0.4 is 0 Å². The molecule has 4 fully saturated rings. The first-order chi connectivity index (χ1) is 11.4. The normalized spacial score (nSPS) is 53.8. The number of carbonyl (C=O) groups excluding carboxylic acids is 1. The minimum Gasteiger partial charge on any atom is -0.393 e. The Morgan fingerprint density at radius 3 is 2.58 bits per heavy atom. The topological polar surface area (TPSA) is 37.3 Å². The van der Waals surface area contributed by atoms with E-state index in [1.54, 1.807) is 0 Å². The average Bonchev–Trinajstić information content (AvgIpc) is 2.95. The Balaban J connectivity index is 1.66. The summed E-state index contributed by atoms with van der Waals surface area (Å²) in [6, 6.07) is 0. The van der Waals surface area contributed by atoms with E-state index in [1.165, 1.54) is 32.1 Å². The zero-order valence-corrected chi connectivity index (χ0v) is 16.0. The smallest absolute Gasteiger partial charge is 0.136 e. The van der Waals surface area contributed by atoms with Crippen molar-refractivity contribution in [2.45, 2.75) is 77.7 Å². The van der Waals surface area contributed by atoms with Crippen molar-refractivity contribution in [1.29, 1.82) is 0 Å². The molecule has 0 aromatic rings. The first-order valence-corrected chi connectivity index (χ1v) is 10.7. The molecule has 8 atom stereocenters. The molecule has 0 radical (unpaired) electrons. The van der Waals surface area contributed by atoms with Gasteiger partial charge in [0.1, 0.15) is 5.78 Å². The van der Waals surface area contributed by atoms with Crippen LogP contribution >= 0.6 is 11.6 Å². The second-order valence-corrected chi connectivity index (χ2v) is 9.96. The molecular weight excluding hydrogens is 320 g/mol. The third-order valence-electron chi connectivity index (χ3n) is 9.16. The van der Waals surface area contributed by atoms with Gasteiger partial charge in [-0.1, -0.05) is 6.92 Å². The molecule has 0 aromatic carbocycles.